The Morgan fingerprint density at radius 3 is 2.34 bits per heavy atom. The van der Waals surface area contributed by atoms with Crippen LogP contribution in [0.4, 0.5) is 0 Å². The van der Waals surface area contributed by atoms with Crippen LogP contribution in [-0.2, 0) is 17.1 Å². The number of nitrogens with zero attached hydrogens (tertiary/aromatic N) is 3. The van der Waals surface area contributed by atoms with Crippen LogP contribution in [0, 0.1) is 0 Å². The summed E-state index contributed by atoms with van der Waals surface area (Å²) in [5.74, 6) is -0.0895. The van der Waals surface area contributed by atoms with Gasteiger partial charge in [-0.15, -0.1) is 0 Å². The second kappa shape index (κ2) is 7.65. The van der Waals surface area contributed by atoms with Crippen molar-refractivity contribution in [1.29, 1.82) is 0 Å². The van der Waals surface area contributed by atoms with Crippen molar-refractivity contribution in [2.24, 2.45) is 7.05 Å². The third-order valence-electron chi connectivity index (χ3n) is 5.18. The van der Waals surface area contributed by atoms with Gasteiger partial charge in [-0.25, -0.2) is 8.42 Å². The van der Waals surface area contributed by atoms with Crippen LogP contribution < -0.4 is 0 Å². The van der Waals surface area contributed by atoms with Crippen molar-refractivity contribution in [2.45, 2.75) is 4.90 Å². The predicted octanol–water partition coefficient (Wildman–Crippen LogP) is 3.63. The lowest BCUT2D eigenvalue weighted by Gasteiger charge is -2.34. The van der Waals surface area contributed by atoms with E-state index >= 15 is 0 Å². The Hall–Kier alpha value is -2.06. The van der Waals surface area contributed by atoms with Crippen LogP contribution >= 0.6 is 23.2 Å². The number of piperazine rings is 1. The van der Waals surface area contributed by atoms with E-state index in [-0.39, 0.29) is 28.9 Å². The van der Waals surface area contributed by atoms with Gasteiger partial charge in [0.15, 0.2) is 0 Å². The molecule has 1 saturated heterocycles. The van der Waals surface area contributed by atoms with Gasteiger partial charge in [0, 0.05) is 50.3 Å². The van der Waals surface area contributed by atoms with E-state index in [1.165, 1.54) is 22.5 Å². The van der Waals surface area contributed by atoms with Crippen molar-refractivity contribution in [3.05, 3.63) is 64.3 Å². The van der Waals surface area contributed by atoms with Gasteiger partial charge in [-0.05, 0) is 24.3 Å². The Bertz CT molecular complexity index is 1200. The summed E-state index contributed by atoms with van der Waals surface area (Å²) >= 11 is 11.9. The Labute approximate surface area is 179 Å². The summed E-state index contributed by atoms with van der Waals surface area (Å²) in [6.45, 7) is 1.09. The number of fused-ring (bicyclic) bond motifs is 1. The highest BCUT2D eigenvalue weighted by Crippen LogP contribution is 2.27. The zero-order valence-corrected chi connectivity index (χ0v) is 18.0. The molecule has 2 aromatic carbocycles. The third kappa shape index (κ3) is 3.64. The highest BCUT2D eigenvalue weighted by molar-refractivity contribution is 7.89. The van der Waals surface area contributed by atoms with E-state index in [1.54, 1.807) is 4.90 Å². The number of carbonyl (C=O) groups is 1. The second-order valence-electron chi connectivity index (χ2n) is 6.94. The summed E-state index contributed by atoms with van der Waals surface area (Å²) < 4.78 is 29.1. The fourth-order valence-electron chi connectivity index (χ4n) is 3.60. The van der Waals surface area contributed by atoms with Gasteiger partial charge >= 0.3 is 0 Å². The Morgan fingerprint density at radius 1 is 0.966 bits per heavy atom. The fraction of sp³-hybridized carbons (Fsp3) is 0.250. The van der Waals surface area contributed by atoms with E-state index < -0.39 is 10.0 Å². The fourth-order valence-corrected chi connectivity index (χ4v) is 5.41. The van der Waals surface area contributed by atoms with Gasteiger partial charge < -0.3 is 9.47 Å². The molecule has 3 aromatic rings. The quantitative estimate of drug-likeness (QED) is 0.610. The topological polar surface area (TPSA) is 62.6 Å². The lowest BCUT2D eigenvalue weighted by Crippen LogP contribution is -2.50. The molecule has 0 bridgehead atoms. The van der Waals surface area contributed by atoms with E-state index in [0.717, 1.165) is 10.9 Å². The number of aromatic nitrogens is 1. The molecule has 0 N–H and O–H groups in total. The van der Waals surface area contributed by atoms with Crippen LogP contribution in [0.25, 0.3) is 10.9 Å². The first-order valence-electron chi connectivity index (χ1n) is 9.07. The molecule has 1 aliphatic rings. The van der Waals surface area contributed by atoms with Crippen molar-refractivity contribution in [3.8, 4) is 0 Å². The van der Waals surface area contributed by atoms with Crippen molar-refractivity contribution >= 4 is 50.0 Å². The number of hydrogen-bond donors (Lipinski definition) is 0. The molecule has 0 unspecified atom stereocenters. The Balaban J connectivity index is 1.51. The number of halogens is 2. The molecule has 0 aliphatic carbocycles. The minimum atomic E-state index is -3.70. The molecule has 1 fully saturated rings. The summed E-state index contributed by atoms with van der Waals surface area (Å²) in [5.41, 5.74) is 1.61. The van der Waals surface area contributed by atoms with Gasteiger partial charge in [-0.3, -0.25) is 4.79 Å². The van der Waals surface area contributed by atoms with Crippen molar-refractivity contribution in [3.63, 3.8) is 0 Å². The van der Waals surface area contributed by atoms with E-state index in [2.05, 4.69) is 0 Å². The van der Waals surface area contributed by atoms with Crippen molar-refractivity contribution in [2.75, 3.05) is 26.2 Å². The first-order chi connectivity index (χ1) is 13.8. The number of para-hydroxylation sites is 1. The molecular weight excluding hydrogens is 433 g/mol. The van der Waals surface area contributed by atoms with Crippen LogP contribution in [0.5, 0.6) is 0 Å². The monoisotopic (exact) mass is 451 g/mol. The summed E-state index contributed by atoms with van der Waals surface area (Å²) in [6.07, 6.45) is 1.83. The van der Waals surface area contributed by atoms with E-state index in [4.69, 9.17) is 23.2 Å². The summed E-state index contributed by atoms with van der Waals surface area (Å²) in [7, 11) is -1.79. The summed E-state index contributed by atoms with van der Waals surface area (Å²) in [4.78, 5) is 14.8. The molecule has 1 aromatic heterocycles. The lowest BCUT2D eigenvalue weighted by atomic mass is 10.1. The maximum absolute atomic E-state index is 13.0. The highest BCUT2D eigenvalue weighted by Gasteiger charge is 2.31. The molecule has 1 aliphatic heterocycles. The second-order valence-corrected chi connectivity index (χ2v) is 9.70. The van der Waals surface area contributed by atoms with Crippen LogP contribution in [0.15, 0.2) is 53.6 Å². The van der Waals surface area contributed by atoms with Gasteiger partial charge in [-0.1, -0.05) is 41.4 Å². The highest BCUT2D eigenvalue weighted by atomic mass is 35.5. The standard InChI is InChI=1S/C20H19Cl2N3O3S/c1-23-13-16(15-4-2-3-5-19(15)23)20(26)24-8-10-25(11-9-24)29(27,28)14-6-7-17(21)18(22)12-14/h2-7,12-13H,8-11H2,1H3. The number of rotatable bonds is 3. The summed E-state index contributed by atoms with van der Waals surface area (Å²) in [5, 5.41) is 1.39. The molecule has 2 heterocycles. The number of carbonyl (C=O) groups excluding carboxylic acids is 1. The van der Waals surface area contributed by atoms with Crippen molar-refractivity contribution < 1.29 is 13.2 Å². The molecular formula is C20H19Cl2N3O3S. The first-order valence-corrected chi connectivity index (χ1v) is 11.3. The molecule has 4 rings (SSSR count). The van der Waals surface area contributed by atoms with Gasteiger partial charge in [0.05, 0.1) is 20.5 Å². The number of aryl methyl sites for hydroxylation is 1. The molecule has 0 spiro atoms. The molecule has 29 heavy (non-hydrogen) atoms. The van der Waals surface area contributed by atoms with Gasteiger partial charge in [0.2, 0.25) is 10.0 Å². The zero-order chi connectivity index (χ0) is 20.8. The molecule has 0 atom stereocenters. The largest absolute Gasteiger partial charge is 0.350 e. The van der Waals surface area contributed by atoms with Gasteiger partial charge in [0.25, 0.3) is 5.91 Å². The van der Waals surface area contributed by atoms with E-state index in [1.807, 2.05) is 42.1 Å². The molecule has 0 radical (unpaired) electrons. The smallest absolute Gasteiger partial charge is 0.256 e. The molecule has 0 saturated carbocycles. The molecule has 152 valence electrons. The predicted molar refractivity (Wildman–Crippen MR) is 114 cm³/mol. The minimum absolute atomic E-state index is 0.0895. The number of sulfonamides is 1. The molecule has 9 heteroatoms. The zero-order valence-electron chi connectivity index (χ0n) is 15.7. The minimum Gasteiger partial charge on any atom is -0.350 e. The van der Waals surface area contributed by atoms with Crippen LogP contribution in [0.2, 0.25) is 10.0 Å². The third-order valence-corrected chi connectivity index (χ3v) is 7.82. The van der Waals surface area contributed by atoms with Gasteiger partial charge in [-0.2, -0.15) is 4.31 Å². The normalized spacial score (nSPS) is 15.8. The van der Waals surface area contributed by atoms with E-state index in [9.17, 15) is 13.2 Å². The van der Waals surface area contributed by atoms with E-state index in [0.29, 0.717) is 23.7 Å². The molecule has 6 nitrogen and oxygen atoms in total. The van der Waals surface area contributed by atoms with Gasteiger partial charge in [0.1, 0.15) is 0 Å². The lowest BCUT2D eigenvalue weighted by molar-refractivity contribution is 0.0699. The average Bonchev–Trinajstić information content (AvgIpc) is 3.06. The maximum Gasteiger partial charge on any atom is 0.256 e. The van der Waals surface area contributed by atoms with Crippen LogP contribution in [0.1, 0.15) is 10.4 Å². The molecule has 1 amide bonds. The Kier molecular flexibility index (Phi) is 5.33. The van der Waals surface area contributed by atoms with Crippen molar-refractivity contribution in [1.82, 2.24) is 13.8 Å². The van der Waals surface area contributed by atoms with Crippen LogP contribution in [-0.4, -0.2) is 54.3 Å². The SMILES string of the molecule is Cn1cc(C(=O)N2CCN(S(=O)(=O)c3ccc(Cl)c(Cl)c3)CC2)c2ccccc21. The Morgan fingerprint density at radius 2 is 1.66 bits per heavy atom. The first kappa shape index (κ1) is 20.2. The van der Waals surface area contributed by atoms with Crippen LogP contribution in [0.3, 0.4) is 0 Å². The average molecular weight is 452 g/mol. The maximum atomic E-state index is 13.0. The number of amides is 1. The number of benzene rings is 2. The number of hydrogen-bond acceptors (Lipinski definition) is 3. The summed E-state index contributed by atoms with van der Waals surface area (Å²) in [6, 6.07) is 12.0.